The minimum absolute atomic E-state index is 0.106. The maximum absolute atomic E-state index is 12.5. The summed E-state index contributed by atoms with van der Waals surface area (Å²) in [6.07, 6.45) is -2.23. The van der Waals surface area contributed by atoms with Gasteiger partial charge in [-0.25, -0.2) is 9.59 Å². The molecule has 0 aromatic heterocycles. The molecule has 164 valence electrons. The monoisotopic (exact) mass is 426 g/mol. The molecule has 0 aliphatic heterocycles. The van der Waals surface area contributed by atoms with Gasteiger partial charge in [-0.05, 0) is 35.6 Å². The Balaban J connectivity index is 1.64. The lowest BCUT2D eigenvalue weighted by molar-refractivity contribution is -0.146. The van der Waals surface area contributed by atoms with Gasteiger partial charge in [-0.15, -0.1) is 0 Å². The fraction of sp³-hybridized carbons (Fsp3) is 0.348. The molecule has 1 aliphatic carbocycles. The highest BCUT2D eigenvalue weighted by Crippen LogP contribution is 2.44. The predicted molar refractivity (Wildman–Crippen MR) is 114 cm³/mol. The number of amides is 2. The van der Waals surface area contributed by atoms with Crippen LogP contribution in [0, 0.1) is 0 Å². The molecule has 0 spiro atoms. The average Bonchev–Trinajstić information content (AvgIpc) is 3.09. The van der Waals surface area contributed by atoms with E-state index in [2.05, 4.69) is 10.6 Å². The summed E-state index contributed by atoms with van der Waals surface area (Å²) in [6.45, 7) is 2.86. The SMILES string of the molecule is CCC(C)(NC(=O)OCC1c2ccccc2-c2ccccc21)C(=O)NCC(O)C(=O)O. The first-order chi connectivity index (χ1) is 14.8. The number of benzene rings is 2. The van der Waals surface area contributed by atoms with Gasteiger partial charge in [0.05, 0.1) is 6.54 Å². The Kier molecular flexibility index (Phi) is 6.60. The molecule has 2 amide bonds. The summed E-state index contributed by atoms with van der Waals surface area (Å²) in [4.78, 5) is 35.7. The van der Waals surface area contributed by atoms with Gasteiger partial charge < -0.3 is 25.6 Å². The molecule has 4 N–H and O–H groups in total. The molecule has 8 heteroatoms. The van der Waals surface area contributed by atoms with Gasteiger partial charge in [0.1, 0.15) is 12.1 Å². The molecule has 2 aromatic rings. The minimum atomic E-state index is -1.72. The van der Waals surface area contributed by atoms with Crippen LogP contribution in [-0.2, 0) is 14.3 Å². The van der Waals surface area contributed by atoms with E-state index in [0.717, 1.165) is 22.3 Å². The zero-order valence-corrected chi connectivity index (χ0v) is 17.4. The molecule has 31 heavy (non-hydrogen) atoms. The Morgan fingerprint density at radius 2 is 1.61 bits per heavy atom. The van der Waals surface area contributed by atoms with Crippen LogP contribution in [0.2, 0.25) is 0 Å². The van der Waals surface area contributed by atoms with Crippen molar-refractivity contribution < 1.29 is 29.3 Å². The van der Waals surface area contributed by atoms with E-state index in [1.165, 1.54) is 6.92 Å². The summed E-state index contributed by atoms with van der Waals surface area (Å²) in [5, 5.41) is 23.0. The molecule has 8 nitrogen and oxygen atoms in total. The number of carboxylic acid groups (broad SMARTS) is 1. The van der Waals surface area contributed by atoms with Crippen LogP contribution in [0.3, 0.4) is 0 Å². The number of hydrogen-bond donors (Lipinski definition) is 4. The summed E-state index contributed by atoms with van der Waals surface area (Å²) in [5.74, 6) is -2.16. The van der Waals surface area contributed by atoms with Crippen LogP contribution >= 0.6 is 0 Å². The molecule has 0 saturated carbocycles. The number of aliphatic hydroxyl groups excluding tert-OH is 1. The zero-order valence-electron chi connectivity index (χ0n) is 17.4. The second-order valence-corrected chi connectivity index (χ2v) is 7.70. The molecule has 0 saturated heterocycles. The van der Waals surface area contributed by atoms with E-state index in [-0.39, 0.29) is 18.9 Å². The van der Waals surface area contributed by atoms with Gasteiger partial charge in [-0.2, -0.15) is 0 Å². The first-order valence-corrected chi connectivity index (χ1v) is 10.1. The quantitative estimate of drug-likeness (QED) is 0.513. The van der Waals surface area contributed by atoms with Crippen LogP contribution in [0.1, 0.15) is 37.3 Å². The second kappa shape index (κ2) is 9.18. The van der Waals surface area contributed by atoms with Crippen molar-refractivity contribution in [1.82, 2.24) is 10.6 Å². The van der Waals surface area contributed by atoms with Gasteiger partial charge in [0.15, 0.2) is 6.10 Å². The van der Waals surface area contributed by atoms with Crippen molar-refractivity contribution in [2.24, 2.45) is 0 Å². The Labute approximate surface area is 180 Å². The third-order valence-electron chi connectivity index (χ3n) is 5.67. The van der Waals surface area contributed by atoms with E-state index in [1.807, 2.05) is 48.5 Å². The van der Waals surface area contributed by atoms with Gasteiger partial charge in [0.25, 0.3) is 0 Å². The Bertz CT molecular complexity index is 946. The highest BCUT2D eigenvalue weighted by atomic mass is 16.5. The van der Waals surface area contributed by atoms with Gasteiger partial charge in [0.2, 0.25) is 5.91 Å². The van der Waals surface area contributed by atoms with E-state index < -0.39 is 36.2 Å². The number of ether oxygens (including phenoxy) is 1. The summed E-state index contributed by atoms with van der Waals surface area (Å²) in [6, 6.07) is 15.9. The number of carboxylic acids is 1. The average molecular weight is 426 g/mol. The maximum atomic E-state index is 12.5. The number of rotatable bonds is 8. The van der Waals surface area contributed by atoms with Crippen molar-refractivity contribution in [3.63, 3.8) is 0 Å². The molecule has 0 bridgehead atoms. The normalized spacial score (nSPS) is 15.2. The minimum Gasteiger partial charge on any atom is -0.479 e. The summed E-state index contributed by atoms with van der Waals surface area (Å²) in [5.41, 5.74) is 3.06. The van der Waals surface area contributed by atoms with Gasteiger partial charge in [-0.1, -0.05) is 55.5 Å². The van der Waals surface area contributed by atoms with Crippen LogP contribution in [0.25, 0.3) is 11.1 Å². The number of hydrogen-bond acceptors (Lipinski definition) is 5. The standard InChI is InChI=1S/C23H26N2O6/c1-3-23(2,21(29)24-12-19(26)20(27)28)25-22(30)31-13-18-16-10-6-4-8-14(16)15-9-5-7-11-17(15)18/h4-11,18-19,26H,3,12-13H2,1-2H3,(H,24,29)(H,25,30)(H,27,28). The number of aliphatic hydroxyl groups is 1. The largest absolute Gasteiger partial charge is 0.479 e. The molecule has 3 rings (SSSR count). The van der Waals surface area contributed by atoms with Crippen LogP contribution in [0.15, 0.2) is 48.5 Å². The molecule has 2 unspecified atom stereocenters. The lowest BCUT2D eigenvalue weighted by Crippen LogP contribution is -2.57. The Hall–Kier alpha value is -3.39. The van der Waals surface area contributed by atoms with Crippen LogP contribution in [0.5, 0.6) is 0 Å². The number of alkyl carbamates (subject to hydrolysis) is 1. The molecule has 0 fully saturated rings. The van der Waals surface area contributed by atoms with Crippen LogP contribution < -0.4 is 10.6 Å². The lowest BCUT2D eigenvalue weighted by atomic mass is 9.97. The van der Waals surface area contributed by atoms with E-state index in [0.29, 0.717) is 0 Å². The third kappa shape index (κ3) is 4.69. The maximum Gasteiger partial charge on any atom is 0.408 e. The number of carbonyl (C=O) groups is 3. The summed E-state index contributed by atoms with van der Waals surface area (Å²) < 4.78 is 5.48. The van der Waals surface area contributed by atoms with Crippen molar-refractivity contribution in [2.45, 2.75) is 37.8 Å². The van der Waals surface area contributed by atoms with Gasteiger partial charge >= 0.3 is 12.1 Å². The Morgan fingerprint density at radius 3 is 2.13 bits per heavy atom. The van der Waals surface area contributed by atoms with Gasteiger partial charge in [-0.3, -0.25) is 4.79 Å². The number of carbonyl (C=O) groups excluding carboxylic acids is 2. The molecule has 2 aromatic carbocycles. The highest BCUT2D eigenvalue weighted by Gasteiger charge is 2.35. The highest BCUT2D eigenvalue weighted by molar-refractivity contribution is 5.90. The van der Waals surface area contributed by atoms with E-state index in [9.17, 15) is 19.5 Å². The summed E-state index contributed by atoms with van der Waals surface area (Å²) in [7, 11) is 0. The smallest absolute Gasteiger partial charge is 0.408 e. The Morgan fingerprint density at radius 1 is 1.06 bits per heavy atom. The number of fused-ring (bicyclic) bond motifs is 3. The first-order valence-electron chi connectivity index (χ1n) is 10.1. The fourth-order valence-electron chi connectivity index (χ4n) is 3.64. The molecule has 1 aliphatic rings. The van der Waals surface area contributed by atoms with Crippen molar-refractivity contribution in [2.75, 3.05) is 13.2 Å². The van der Waals surface area contributed by atoms with E-state index >= 15 is 0 Å². The third-order valence-corrected chi connectivity index (χ3v) is 5.67. The van der Waals surface area contributed by atoms with Crippen LogP contribution in [-0.4, -0.2) is 53.0 Å². The first kappa shape index (κ1) is 22.3. The molecular weight excluding hydrogens is 400 g/mol. The van der Waals surface area contributed by atoms with E-state index in [1.54, 1.807) is 6.92 Å². The summed E-state index contributed by atoms with van der Waals surface area (Å²) >= 11 is 0. The molecule has 2 atom stereocenters. The molecule has 0 heterocycles. The van der Waals surface area contributed by atoms with Gasteiger partial charge in [0, 0.05) is 5.92 Å². The molecular formula is C23H26N2O6. The second-order valence-electron chi connectivity index (χ2n) is 7.70. The molecule has 0 radical (unpaired) electrons. The van der Waals surface area contributed by atoms with Crippen molar-refractivity contribution in [3.8, 4) is 11.1 Å². The van der Waals surface area contributed by atoms with E-state index in [4.69, 9.17) is 9.84 Å². The van der Waals surface area contributed by atoms with Crippen LogP contribution in [0.4, 0.5) is 4.79 Å². The van der Waals surface area contributed by atoms with Crippen molar-refractivity contribution in [3.05, 3.63) is 59.7 Å². The van der Waals surface area contributed by atoms with Crippen molar-refractivity contribution in [1.29, 1.82) is 0 Å². The van der Waals surface area contributed by atoms with Crippen molar-refractivity contribution >= 4 is 18.0 Å². The predicted octanol–water partition coefficient (Wildman–Crippen LogP) is 2.26. The number of aliphatic carboxylic acids is 1. The number of nitrogens with one attached hydrogen (secondary N) is 2. The zero-order chi connectivity index (χ0) is 22.6. The lowest BCUT2D eigenvalue weighted by Gasteiger charge is -2.28. The fourth-order valence-corrected chi connectivity index (χ4v) is 3.64. The topological polar surface area (TPSA) is 125 Å².